The lowest BCUT2D eigenvalue weighted by molar-refractivity contribution is 0.102. The Kier molecular flexibility index (Phi) is 4.81. The molecule has 0 radical (unpaired) electrons. The number of aryl methyl sites for hydroxylation is 1. The highest BCUT2D eigenvalue weighted by Crippen LogP contribution is 2.17. The Morgan fingerprint density at radius 1 is 1.00 bits per heavy atom. The van der Waals surface area contributed by atoms with Gasteiger partial charge in [0.2, 0.25) is 0 Å². The van der Waals surface area contributed by atoms with Gasteiger partial charge in [-0.05, 0) is 48.4 Å². The minimum absolute atomic E-state index is 0.208. The Bertz CT molecular complexity index is 799. The van der Waals surface area contributed by atoms with E-state index in [0.717, 1.165) is 17.9 Å². The number of hydrogen-bond donors (Lipinski definition) is 2. The molecular formula is C19H18N4O. The van der Waals surface area contributed by atoms with E-state index < -0.39 is 0 Å². The smallest absolute Gasteiger partial charge is 0.257 e. The van der Waals surface area contributed by atoms with Crippen LogP contribution in [0.15, 0.2) is 67.1 Å². The summed E-state index contributed by atoms with van der Waals surface area (Å²) in [6.45, 7) is 2.13. The molecule has 5 nitrogen and oxygen atoms in total. The van der Waals surface area contributed by atoms with Gasteiger partial charge in [0.15, 0.2) is 0 Å². The number of carbonyl (C=O) groups is 1. The minimum Gasteiger partial charge on any atom is -0.340 e. The molecule has 2 N–H and O–H groups in total. The summed E-state index contributed by atoms with van der Waals surface area (Å²) in [6, 6.07) is 15.3. The summed E-state index contributed by atoms with van der Waals surface area (Å²) in [5.74, 6) is 0.513. The number of aromatic nitrogens is 2. The van der Waals surface area contributed by atoms with Crippen LogP contribution in [0.5, 0.6) is 0 Å². The molecule has 0 saturated carbocycles. The summed E-state index contributed by atoms with van der Waals surface area (Å²) < 4.78 is 0. The molecule has 0 aliphatic heterocycles. The van der Waals surface area contributed by atoms with Crippen LogP contribution in [0.4, 0.5) is 17.2 Å². The van der Waals surface area contributed by atoms with E-state index >= 15 is 0 Å². The fourth-order valence-electron chi connectivity index (χ4n) is 2.21. The Hall–Kier alpha value is -3.21. The molecule has 2 aromatic heterocycles. The zero-order valence-electron chi connectivity index (χ0n) is 13.4. The molecule has 5 heteroatoms. The molecule has 3 aromatic rings. The third kappa shape index (κ3) is 3.95. The maximum Gasteiger partial charge on any atom is 0.257 e. The number of amides is 1. The predicted octanol–water partition coefficient (Wildman–Crippen LogP) is 4.03. The molecule has 0 aliphatic rings. The normalized spacial score (nSPS) is 10.2. The Morgan fingerprint density at radius 3 is 2.42 bits per heavy atom. The molecule has 1 amide bonds. The standard InChI is InChI=1S/C19H18N4O/c1-2-14-5-7-16(8-6-14)22-18-10-9-17(13-21-18)23-19(24)15-4-3-11-20-12-15/h3-13H,2H2,1H3,(H,21,22)(H,23,24). The summed E-state index contributed by atoms with van der Waals surface area (Å²) in [6.07, 6.45) is 5.80. The molecule has 0 fully saturated rings. The second kappa shape index (κ2) is 7.37. The summed E-state index contributed by atoms with van der Waals surface area (Å²) in [7, 11) is 0. The van der Waals surface area contributed by atoms with Crippen molar-refractivity contribution in [2.24, 2.45) is 0 Å². The number of hydrogen-bond acceptors (Lipinski definition) is 4. The van der Waals surface area contributed by atoms with Crippen molar-refractivity contribution in [2.45, 2.75) is 13.3 Å². The van der Waals surface area contributed by atoms with Crippen LogP contribution < -0.4 is 10.6 Å². The van der Waals surface area contributed by atoms with E-state index in [9.17, 15) is 4.79 Å². The molecule has 0 bridgehead atoms. The Morgan fingerprint density at radius 2 is 1.79 bits per heavy atom. The molecule has 0 atom stereocenters. The minimum atomic E-state index is -0.208. The molecule has 0 aliphatic carbocycles. The summed E-state index contributed by atoms with van der Waals surface area (Å²) >= 11 is 0. The van der Waals surface area contributed by atoms with Crippen molar-refractivity contribution in [3.8, 4) is 0 Å². The highest BCUT2D eigenvalue weighted by Gasteiger charge is 2.06. The van der Waals surface area contributed by atoms with Crippen LogP contribution in [0.1, 0.15) is 22.8 Å². The van der Waals surface area contributed by atoms with Crippen LogP contribution in [0.25, 0.3) is 0 Å². The molecule has 2 heterocycles. The number of nitrogens with one attached hydrogen (secondary N) is 2. The SMILES string of the molecule is CCc1ccc(Nc2ccc(NC(=O)c3cccnc3)cn2)cc1. The zero-order valence-corrected chi connectivity index (χ0v) is 13.4. The lowest BCUT2D eigenvalue weighted by Crippen LogP contribution is -2.12. The van der Waals surface area contributed by atoms with Crippen molar-refractivity contribution in [3.05, 3.63) is 78.2 Å². The van der Waals surface area contributed by atoms with Crippen LogP contribution in [-0.4, -0.2) is 15.9 Å². The zero-order chi connectivity index (χ0) is 16.8. The number of anilines is 3. The van der Waals surface area contributed by atoms with E-state index in [1.54, 1.807) is 24.5 Å². The van der Waals surface area contributed by atoms with Gasteiger partial charge in [0.25, 0.3) is 5.91 Å². The first-order chi connectivity index (χ1) is 11.7. The molecule has 3 rings (SSSR count). The summed E-state index contributed by atoms with van der Waals surface area (Å²) in [4.78, 5) is 20.3. The number of nitrogens with zero attached hydrogens (tertiary/aromatic N) is 2. The van der Waals surface area contributed by atoms with E-state index in [2.05, 4.69) is 39.7 Å². The van der Waals surface area contributed by atoms with Crippen LogP contribution in [0.3, 0.4) is 0 Å². The van der Waals surface area contributed by atoms with Crippen molar-refractivity contribution in [1.29, 1.82) is 0 Å². The molecule has 0 saturated heterocycles. The fraction of sp³-hybridized carbons (Fsp3) is 0.105. The van der Waals surface area contributed by atoms with Gasteiger partial charge < -0.3 is 10.6 Å². The van der Waals surface area contributed by atoms with Crippen molar-refractivity contribution >= 4 is 23.1 Å². The van der Waals surface area contributed by atoms with Gasteiger partial charge in [0.05, 0.1) is 17.4 Å². The largest absolute Gasteiger partial charge is 0.340 e. The van der Waals surface area contributed by atoms with E-state index in [0.29, 0.717) is 11.3 Å². The van der Waals surface area contributed by atoms with Gasteiger partial charge in [0, 0.05) is 18.1 Å². The van der Waals surface area contributed by atoms with Gasteiger partial charge in [-0.2, -0.15) is 0 Å². The maximum atomic E-state index is 12.1. The Labute approximate surface area is 140 Å². The highest BCUT2D eigenvalue weighted by atomic mass is 16.1. The van der Waals surface area contributed by atoms with Crippen LogP contribution in [0.2, 0.25) is 0 Å². The summed E-state index contributed by atoms with van der Waals surface area (Å²) in [5.41, 5.74) is 3.42. The first-order valence-electron chi connectivity index (χ1n) is 7.78. The molecule has 0 spiro atoms. The fourth-order valence-corrected chi connectivity index (χ4v) is 2.21. The van der Waals surface area contributed by atoms with Crippen molar-refractivity contribution in [3.63, 3.8) is 0 Å². The van der Waals surface area contributed by atoms with Gasteiger partial charge in [0.1, 0.15) is 5.82 Å². The molecular weight excluding hydrogens is 300 g/mol. The number of benzene rings is 1. The number of pyridine rings is 2. The van der Waals surface area contributed by atoms with E-state index in [-0.39, 0.29) is 5.91 Å². The van der Waals surface area contributed by atoms with E-state index in [1.807, 2.05) is 24.3 Å². The van der Waals surface area contributed by atoms with E-state index in [1.165, 1.54) is 11.8 Å². The lowest BCUT2D eigenvalue weighted by atomic mass is 10.1. The molecule has 0 unspecified atom stereocenters. The second-order valence-electron chi connectivity index (χ2n) is 5.30. The molecule has 120 valence electrons. The van der Waals surface area contributed by atoms with Gasteiger partial charge in [-0.15, -0.1) is 0 Å². The van der Waals surface area contributed by atoms with Gasteiger partial charge >= 0.3 is 0 Å². The van der Waals surface area contributed by atoms with Crippen LogP contribution in [0, 0.1) is 0 Å². The van der Waals surface area contributed by atoms with Gasteiger partial charge in [-0.3, -0.25) is 9.78 Å². The highest BCUT2D eigenvalue weighted by molar-refractivity contribution is 6.03. The molecule has 24 heavy (non-hydrogen) atoms. The first-order valence-corrected chi connectivity index (χ1v) is 7.78. The second-order valence-corrected chi connectivity index (χ2v) is 5.30. The van der Waals surface area contributed by atoms with E-state index in [4.69, 9.17) is 0 Å². The quantitative estimate of drug-likeness (QED) is 0.745. The van der Waals surface area contributed by atoms with Crippen molar-refractivity contribution < 1.29 is 4.79 Å². The maximum absolute atomic E-state index is 12.1. The third-order valence-electron chi connectivity index (χ3n) is 3.58. The van der Waals surface area contributed by atoms with Crippen molar-refractivity contribution in [1.82, 2.24) is 9.97 Å². The average Bonchev–Trinajstić information content (AvgIpc) is 2.65. The van der Waals surface area contributed by atoms with Crippen molar-refractivity contribution in [2.75, 3.05) is 10.6 Å². The average molecular weight is 318 g/mol. The Balaban J connectivity index is 1.63. The van der Waals surface area contributed by atoms with Gasteiger partial charge in [-0.25, -0.2) is 4.98 Å². The molecule has 1 aromatic carbocycles. The predicted molar refractivity (Wildman–Crippen MR) is 95.5 cm³/mol. The van der Waals surface area contributed by atoms with Gasteiger partial charge in [-0.1, -0.05) is 19.1 Å². The summed E-state index contributed by atoms with van der Waals surface area (Å²) in [5, 5.41) is 6.03. The first kappa shape index (κ1) is 15.7. The topological polar surface area (TPSA) is 66.9 Å². The third-order valence-corrected chi connectivity index (χ3v) is 3.58. The number of rotatable bonds is 5. The lowest BCUT2D eigenvalue weighted by Gasteiger charge is -2.08. The van der Waals surface area contributed by atoms with Crippen LogP contribution >= 0.6 is 0 Å². The number of carbonyl (C=O) groups excluding carboxylic acids is 1. The monoisotopic (exact) mass is 318 g/mol. The van der Waals surface area contributed by atoms with Crippen LogP contribution in [-0.2, 0) is 6.42 Å².